The molecule has 35 heavy (non-hydrogen) atoms. The molecule has 14 heteroatoms. The molecule has 2 aromatic heterocycles. The van der Waals surface area contributed by atoms with Crippen molar-refractivity contribution in [2.75, 3.05) is 32.0 Å². The second kappa shape index (κ2) is 11.4. The van der Waals surface area contributed by atoms with Crippen LogP contribution in [-0.2, 0) is 14.3 Å². The van der Waals surface area contributed by atoms with Crippen molar-refractivity contribution in [3.8, 4) is 11.8 Å². The van der Waals surface area contributed by atoms with Gasteiger partial charge in [0, 0.05) is 25.6 Å². The minimum absolute atomic E-state index is 0.0323. The number of piperidine rings is 1. The Hall–Kier alpha value is -3.96. The Morgan fingerprint density at radius 2 is 2.00 bits per heavy atom. The first-order chi connectivity index (χ1) is 16.7. The highest BCUT2D eigenvalue weighted by molar-refractivity contribution is 5.94. The first-order valence-corrected chi connectivity index (χ1v) is 11.0. The third-order valence-electron chi connectivity index (χ3n) is 5.47. The number of likely N-dealkylation sites (tertiary alicyclic amines) is 1. The van der Waals surface area contributed by atoms with E-state index in [1.54, 1.807) is 6.92 Å². The van der Waals surface area contributed by atoms with Crippen LogP contribution >= 0.6 is 0 Å². The number of hydrogen-bond donors (Lipinski definition) is 5. The van der Waals surface area contributed by atoms with Crippen LogP contribution in [-0.4, -0.2) is 90.1 Å². The van der Waals surface area contributed by atoms with Gasteiger partial charge >= 0.3 is 6.16 Å². The lowest BCUT2D eigenvalue weighted by Crippen LogP contribution is -2.38. The quantitative estimate of drug-likeness (QED) is 0.237. The average Bonchev–Trinajstić information content (AvgIpc) is 3.25. The topological polar surface area (TPSA) is 206 Å². The molecule has 2 amide bonds. The van der Waals surface area contributed by atoms with E-state index in [4.69, 9.17) is 10.8 Å². The molecule has 0 aromatic carbocycles. The first kappa shape index (κ1) is 25.7. The lowest BCUT2D eigenvalue weighted by molar-refractivity contribution is -0.127. The molecule has 6 N–H and O–H groups in total. The normalized spacial score (nSPS) is 15.7. The highest BCUT2D eigenvalue weighted by Crippen LogP contribution is 2.22. The number of nitrogen functional groups attached to an aromatic ring is 1. The summed E-state index contributed by atoms with van der Waals surface area (Å²) in [6.07, 6.45) is -2.24. The molecule has 1 aliphatic heterocycles. The summed E-state index contributed by atoms with van der Waals surface area (Å²) in [4.78, 5) is 48.5. The summed E-state index contributed by atoms with van der Waals surface area (Å²) in [6, 6.07) is 0. The zero-order chi connectivity index (χ0) is 25.5. The van der Waals surface area contributed by atoms with E-state index in [0.29, 0.717) is 32.5 Å². The molecule has 14 nitrogen and oxygen atoms in total. The fraction of sp³-hybridized carbons (Fsp3) is 0.524. The third-order valence-corrected chi connectivity index (χ3v) is 5.47. The maximum Gasteiger partial charge on any atom is 0.505 e. The minimum atomic E-state index is -1.54. The van der Waals surface area contributed by atoms with Gasteiger partial charge in [-0.1, -0.05) is 0 Å². The van der Waals surface area contributed by atoms with E-state index in [1.165, 1.54) is 11.2 Å². The highest BCUT2D eigenvalue weighted by Gasteiger charge is 2.25. The summed E-state index contributed by atoms with van der Waals surface area (Å²) in [7, 11) is 0. The van der Waals surface area contributed by atoms with Crippen LogP contribution in [0.5, 0.6) is 0 Å². The highest BCUT2D eigenvalue weighted by atomic mass is 16.7. The number of fused-ring (bicyclic) bond motifs is 1. The number of nitrogens with one attached hydrogen (secondary N) is 1. The van der Waals surface area contributed by atoms with Gasteiger partial charge in [0.25, 0.3) is 5.91 Å². The van der Waals surface area contributed by atoms with Gasteiger partial charge in [-0.05, 0) is 31.6 Å². The second-order valence-electron chi connectivity index (χ2n) is 7.96. The van der Waals surface area contributed by atoms with Crippen LogP contribution in [0.1, 0.15) is 38.2 Å². The van der Waals surface area contributed by atoms with Crippen molar-refractivity contribution >= 4 is 35.0 Å². The van der Waals surface area contributed by atoms with Gasteiger partial charge in [0.1, 0.15) is 11.6 Å². The molecular weight excluding hydrogens is 462 g/mol. The van der Waals surface area contributed by atoms with E-state index in [0.717, 1.165) is 4.57 Å². The second-order valence-corrected chi connectivity index (χ2v) is 7.96. The number of carbonyl (C=O) groups is 3. The van der Waals surface area contributed by atoms with E-state index in [9.17, 15) is 24.6 Å². The maximum absolute atomic E-state index is 12.5. The van der Waals surface area contributed by atoms with Gasteiger partial charge in [0.2, 0.25) is 11.7 Å². The third kappa shape index (κ3) is 6.55. The Morgan fingerprint density at radius 3 is 2.66 bits per heavy atom. The largest absolute Gasteiger partial charge is 0.505 e. The molecule has 1 fully saturated rings. The standard InChI is InChI=1S/C21H27N7O7/c1-2-23-15(30)9-13(29)20(32)28-11-24-17-18(22)25-14(26-19(17)28)3-4-16(31)27-7-5-12(6-8-27)10-35-21(33)34/h11-13,20,29,32H,2,5-10H2,1H3,(H,23,30)(H,33,34)(H2,22,25,26). The number of aromatic nitrogens is 4. The molecule has 0 saturated carbocycles. The van der Waals surface area contributed by atoms with Crippen molar-refractivity contribution in [2.45, 2.75) is 38.5 Å². The predicted octanol–water partition coefficient (Wildman–Crippen LogP) is -0.929. The molecular formula is C21H27N7O7. The van der Waals surface area contributed by atoms with Crippen LogP contribution in [0.3, 0.4) is 0 Å². The van der Waals surface area contributed by atoms with Gasteiger partial charge in [-0.2, -0.15) is 0 Å². The molecule has 0 radical (unpaired) electrons. The molecule has 0 spiro atoms. The lowest BCUT2D eigenvalue weighted by Gasteiger charge is -2.30. The lowest BCUT2D eigenvalue weighted by atomic mass is 9.98. The molecule has 3 heterocycles. The maximum atomic E-state index is 12.5. The number of anilines is 1. The summed E-state index contributed by atoms with van der Waals surface area (Å²) >= 11 is 0. The van der Waals surface area contributed by atoms with Gasteiger partial charge in [-0.25, -0.2) is 19.7 Å². The fourth-order valence-electron chi connectivity index (χ4n) is 3.62. The van der Waals surface area contributed by atoms with E-state index in [1.807, 2.05) is 0 Å². The van der Waals surface area contributed by atoms with E-state index in [2.05, 4.69) is 36.8 Å². The molecule has 2 unspecified atom stereocenters. The van der Waals surface area contributed by atoms with Crippen molar-refractivity contribution in [1.29, 1.82) is 0 Å². The number of nitrogens with two attached hydrogens (primary N) is 1. The summed E-state index contributed by atoms with van der Waals surface area (Å²) in [6.45, 7) is 3.03. The van der Waals surface area contributed by atoms with Crippen LogP contribution in [0.15, 0.2) is 6.33 Å². The van der Waals surface area contributed by atoms with Crippen molar-refractivity contribution in [3.63, 3.8) is 0 Å². The van der Waals surface area contributed by atoms with E-state index in [-0.39, 0.29) is 41.8 Å². The molecule has 0 bridgehead atoms. The van der Waals surface area contributed by atoms with Crippen LogP contribution in [0.4, 0.5) is 10.6 Å². The monoisotopic (exact) mass is 489 g/mol. The SMILES string of the molecule is CCNC(=O)CC(O)C(O)n1cnc2c(N)nc(C#CC(=O)N3CCC(COC(=O)O)CC3)nc21. The number of rotatable bonds is 7. The molecule has 2 atom stereocenters. The Labute approximate surface area is 200 Å². The van der Waals surface area contributed by atoms with Gasteiger partial charge in [0.05, 0.1) is 19.4 Å². The van der Waals surface area contributed by atoms with Crippen LogP contribution < -0.4 is 11.1 Å². The van der Waals surface area contributed by atoms with E-state index >= 15 is 0 Å². The Bertz CT molecular complexity index is 1150. The smallest absolute Gasteiger partial charge is 0.450 e. The number of ether oxygens (including phenoxy) is 1. The summed E-state index contributed by atoms with van der Waals surface area (Å²) in [5.74, 6) is 4.08. The van der Waals surface area contributed by atoms with Crippen LogP contribution in [0, 0.1) is 17.8 Å². The van der Waals surface area contributed by atoms with Crippen molar-refractivity contribution in [2.24, 2.45) is 5.92 Å². The summed E-state index contributed by atoms with van der Waals surface area (Å²) < 4.78 is 5.74. The van der Waals surface area contributed by atoms with Gasteiger partial charge in [-0.15, -0.1) is 0 Å². The van der Waals surface area contributed by atoms with Crippen molar-refractivity contribution in [1.82, 2.24) is 29.7 Å². The van der Waals surface area contributed by atoms with Crippen LogP contribution in [0.2, 0.25) is 0 Å². The molecule has 0 aliphatic carbocycles. The molecule has 1 aliphatic rings. The number of amides is 2. The molecule has 188 valence electrons. The van der Waals surface area contributed by atoms with Gasteiger partial charge < -0.3 is 36.0 Å². The van der Waals surface area contributed by atoms with Crippen molar-refractivity contribution < 1.29 is 34.4 Å². The zero-order valence-electron chi connectivity index (χ0n) is 19.0. The Balaban J connectivity index is 1.70. The number of hydrogen-bond acceptors (Lipinski definition) is 10. The zero-order valence-corrected chi connectivity index (χ0v) is 19.0. The van der Waals surface area contributed by atoms with Gasteiger partial charge in [-0.3, -0.25) is 14.2 Å². The number of nitrogens with zero attached hydrogens (tertiary/aromatic N) is 5. The Kier molecular flexibility index (Phi) is 8.39. The van der Waals surface area contributed by atoms with E-state index < -0.39 is 30.3 Å². The van der Waals surface area contributed by atoms with Crippen LogP contribution in [0.25, 0.3) is 11.2 Å². The molecule has 2 aromatic rings. The summed E-state index contributed by atoms with van der Waals surface area (Å²) in [5, 5.41) is 31.9. The number of carbonyl (C=O) groups excluding carboxylic acids is 2. The number of aliphatic hydroxyl groups is 2. The Morgan fingerprint density at radius 1 is 1.29 bits per heavy atom. The van der Waals surface area contributed by atoms with Gasteiger partial charge in [0.15, 0.2) is 17.7 Å². The molecule has 3 rings (SSSR count). The average molecular weight is 489 g/mol. The fourth-order valence-corrected chi connectivity index (χ4v) is 3.62. The minimum Gasteiger partial charge on any atom is -0.450 e. The number of carboxylic acid groups (broad SMARTS) is 1. The first-order valence-electron chi connectivity index (χ1n) is 11.0. The van der Waals surface area contributed by atoms with Crippen molar-refractivity contribution in [3.05, 3.63) is 12.2 Å². The predicted molar refractivity (Wildman–Crippen MR) is 120 cm³/mol. The number of aliphatic hydroxyl groups excluding tert-OH is 2. The number of imidazole rings is 1. The summed E-state index contributed by atoms with van der Waals surface area (Å²) in [5.41, 5.74) is 6.17. The molecule has 1 saturated heterocycles.